The lowest BCUT2D eigenvalue weighted by atomic mass is 10.1. The van der Waals surface area contributed by atoms with Crippen molar-refractivity contribution in [3.8, 4) is 0 Å². The van der Waals surface area contributed by atoms with E-state index >= 15 is 0 Å². The lowest BCUT2D eigenvalue weighted by Crippen LogP contribution is -2.24. The summed E-state index contributed by atoms with van der Waals surface area (Å²) in [5.74, 6) is -0.885. The normalized spacial score (nSPS) is 19.0. The molecule has 21 heavy (non-hydrogen) atoms. The van der Waals surface area contributed by atoms with Crippen LogP contribution >= 0.6 is 11.3 Å². The Balaban J connectivity index is 1.72. The van der Waals surface area contributed by atoms with E-state index in [0.29, 0.717) is 18.1 Å². The number of hydrogen-bond donors (Lipinski definition) is 1. The zero-order valence-corrected chi connectivity index (χ0v) is 12.5. The third-order valence-electron chi connectivity index (χ3n) is 3.72. The highest BCUT2D eigenvalue weighted by atomic mass is 32.1. The van der Waals surface area contributed by atoms with Gasteiger partial charge in [0.15, 0.2) is 0 Å². The van der Waals surface area contributed by atoms with Gasteiger partial charge in [0.25, 0.3) is 0 Å². The molecule has 5 heteroatoms. The number of aromatic carboxylic acids is 1. The van der Waals surface area contributed by atoms with Crippen LogP contribution in [0.2, 0.25) is 0 Å². The second kappa shape index (κ2) is 6.56. The number of fused-ring (bicyclic) bond motifs is 1. The number of ether oxygens (including phenoxy) is 2. The fraction of sp³-hybridized carbons (Fsp3) is 0.438. The Morgan fingerprint density at radius 1 is 1.38 bits per heavy atom. The van der Waals surface area contributed by atoms with Crippen LogP contribution in [0.3, 0.4) is 0 Å². The van der Waals surface area contributed by atoms with Crippen molar-refractivity contribution in [2.45, 2.75) is 32.0 Å². The lowest BCUT2D eigenvalue weighted by Gasteiger charge is -2.22. The molecule has 0 aliphatic carbocycles. The fourth-order valence-corrected chi connectivity index (χ4v) is 3.69. The Kier molecular flexibility index (Phi) is 4.53. The standard InChI is InChI=1S/C16H18O4S/c17-16(18)15-13(12-6-1-2-7-14(12)21-15)10-19-9-11-5-3-4-8-20-11/h1-2,6-7,11H,3-5,8-10H2,(H,17,18). The van der Waals surface area contributed by atoms with Crippen LogP contribution < -0.4 is 0 Å². The third-order valence-corrected chi connectivity index (χ3v) is 4.92. The summed E-state index contributed by atoms with van der Waals surface area (Å²) in [6, 6.07) is 7.74. The highest BCUT2D eigenvalue weighted by Crippen LogP contribution is 2.32. The minimum Gasteiger partial charge on any atom is -0.477 e. The van der Waals surface area contributed by atoms with Crippen LogP contribution in [-0.2, 0) is 16.1 Å². The Labute approximate surface area is 127 Å². The molecule has 0 bridgehead atoms. The zero-order chi connectivity index (χ0) is 14.7. The van der Waals surface area contributed by atoms with E-state index in [0.717, 1.165) is 35.1 Å². The van der Waals surface area contributed by atoms with E-state index in [1.54, 1.807) is 0 Å². The van der Waals surface area contributed by atoms with Crippen LogP contribution in [0.15, 0.2) is 24.3 Å². The lowest BCUT2D eigenvalue weighted by molar-refractivity contribution is -0.0446. The molecule has 1 unspecified atom stereocenters. The maximum atomic E-state index is 11.4. The number of benzene rings is 1. The summed E-state index contributed by atoms with van der Waals surface area (Å²) < 4.78 is 12.3. The molecule has 1 aromatic heterocycles. The van der Waals surface area contributed by atoms with Gasteiger partial charge >= 0.3 is 5.97 Å². The molecule has 2 heterocycles. The van der Waals surface area contributed by atoms with Crippen molar-refractivity contribution in [2.24, 2.45) is 0 Å². The molecule has 4 nitrogen and oxygen atoms in total. The van der Waals surface area contributed by atoms with Crippen molar-refractivity contribution in [2.75, 3.05) is 13.2 Å². The summed E-state index contributed by atoms with van der Waals surface area (Å²) >= 11 is 1.31. The Morgan fingerprint density at radius 2 is 2.24 bits per heavy atom. The van der Waals surface area contributed by atoms with Gasteiger partial charge in [-0.1, -0.05) is 18.2 Å². The summed E-state index contributed by atoms with van der Waals surface area (Å²) in [6.45, 7) is 1.66. The van der Waals surface area contributed by atoms with E-state index in [2.05, 4.69) is 0 Å². The average molecular weight is 306 g/mol. The van der Waals surface area contributed by atoms with Crippen LogP contribution in [0.25, 0.3) is 10.1 Å². The molecule has 1 fully saturated rings. The second-order valence-electron chi connectivity index (χ2n) is 5.21. The van der Waals surface area contributed by atoms with Gasteiger partial charge in [0.05, 0.1) is 19.3 Å². The maximum absolute atomic E-state index is 11.4. The van der Waals surface area contributed by atoms with E-state index in [9.17, 15) is 9.90 Å². The Hall–Kier alpha value is -1.43. The highest BCUT2D eigenvalue weighted by molar-refractivity contribution is 7.21. The topological polar surface area (TPSA) is 55.8 Å². The first kappa shape index (κ1) is 14.5. The number of carboxylic acids is 1. The summed E-state index contributed by atoms with van der Waals surface area (Å²) in [4.78, 5) is 11.8. The predicted octanol–water partition coefficient (Wildman–Crippen LogP) is 3.69. The number of hydrogen-bond acceptors (Lipinski definition) is 4. The van der Waals surface area contributed by atoms with Crippen LogP contribution in [0.4, 0.5) is 0 Å². The summed E-state index contributed by atoms with van der Waals surface area (Å²) in [6.07, 6.45) is 3.47. The van der Waals surface area contributed by atoms with Gasteiger partial charge in [-0.3, -0.25) is 0 Å². The monoisotopic (exact) mass is 306 g/mol. The zero-order valence-electron chi connectivity index (χ0n) is 11.7. The molecule has 1 aliphatic heterocycles. The number of thiophene rings is 1. The van der Waals surface area contributed by atoms with Gasteiger partial charge in [-0.15, -0.1) is 11.3 Å². The quantitative estimate of drug-likeness (QED) is 0.915. The average Bonchev–Trinajstić information content (AvgIpc) is 2.88. The van der Waals surface area contributed by atoms with Gasteiger partial charge in [-0.05, 0) is 30.7 Å². The van der Waals surface area contributed by atoms with Crippen LogP contribution in [0.1, 0.15) is 34.5 Å². The molecule has 1 N–H and O–H groups in total. The minimum atomic E-state index is -0.885. The van der Waals surface area contributed by atoms with Gasteiger partial charge in [0.1, 0.15) is 4.88 Å². The Bertz CT molecular complexity index is 628. The molecule has 112 valence electrons. The van der Waals surface area contributed by atoms with Gasteiger partial charge < -0.3 is 14.6 Å². The molecule has 3 rings (SSSR count). The van der Waals surface area contributed by atoms with Crippen molar-refractivity contribution in [3.63, 3.8) is 0 Å². The molecule has 0 radical (unpaired) electrons. The molecule has 0 amide bonds. The number of carboxylic acid groups (broad SMARTS) is 1. The van der Waals surface area contributed by atoms with Crippen LogP contribution in [0.5, 0.6) is 0 Å². The second-order valence-corrected chi connectivity index (χ2v) is 6.27. The molecule has 1 saturated heterocycles. The smallest absolute Gasteiger partial charge is 0.346 e. The van der Waals surface area contributed by atoms with Gasteiger partial charge in [0.2, 0.25) is 0 Å². The van der Waals surface area contributed by atoms with E-state index in [-0.39, 0.29) is 6.10 Å². The molecule has 1 atom stereocenters. The number of carbonyl (C=O) groups is 1. The first-order chi connectivity index (χ1) is 10.3. The summed E-state index contributed by atoms with van der Waals surface area (Å²) in [5.41, 5.74) is 0.777. The molecule has 1 aliphatic rings. The molecular formula is C16H18O4S. The maximum Gasteiger partial charge on any atom is 0.346 e. The fourth-order valence-electron chi connectivity index (χ4n) is 2.65. The van der Waals surface area contributed by atoms with Crippen molar-refractivity contribution in [3.05, 3.63) is 34.7 Å². The van der Waals surface area contributed by atoms with E-state index in [4.69, 9.17) is 9.47 Å². The third kappa shape index (κ3) is 3.26. The molecule has 2 aromatic rings. The Morgan fingerprint density at radius 3 is 3.00 bits per heavy atom. The van der Waals surface area contributed by atoms with Crippen molar-refractivity contribution in [1.82, 2.24) is 0 Å². The van der Waals surface area contributed by atoms with Crippen LogP contribution in [-0.4, -0.2) is 30.4 Å². The summed E-state index contributed by atoms with van der Waals surface area (Å²) in [5, 5.41) is 10.3. The van der Waals surface area contributed by atoms with Crippen molar-refractivity contribution < 1.29 is 19.4 Å². The van der Waals surface area contributed by atoms with E-state index in [1.807, 2.05) is 24.3 Å². The molecule has 1 aromatic carbocycles. The first-order valence-electron chi connectivity index (χ1n) is 7.19. The summed E-state index contributed by atoms with van der Waals surface area (Å²) in [7, 11) is 0. The largest absolute Gasteiger partial charge is 0.477 e. The minimum absolute atomic E-state index is 0.150. The van der Waals surface area contributed by atoms with E-state index in [1.165, 1.54) is 17.8 Å². The van der Waals surface area contributed by atoms with Gasteiger partial charge in [-0.25, -0.2) is 4.79 Å². The van der Waals surface area contributed by atoms with Crippen molar-refractivity contribution >= 4 is 27.4 Å². The van der Waals surface area contributed by atoms with Crippen molar-refractivity contribution in [1.29, 1.82) is 0 Å². The molecular weight excluding hydrogens is 288 g/mol. The highest BCUT2D eigenvalue weighted by Gasteiger charge is 2.19. The molecule has 0 spiro atoms. The number of rotatable bonds is 5. The molecule has 0 saturated carbocycles. The SMILES string of the molecule is O=C(O)c1sc2ccccc2c1COCC1CCCCO1. The predicted molar refractivity (Wildman–Crippen MR) is 82.0 cm³/mol. The van der Waals surface area contributed by atoms with E-state index < -0.39 is 5.97 Å². The van der Waals surface area contributed by atoms with Crippen LogP contribution in [0, 0.1) is 0 Å². The first-order valence-corrected chi connectivity index (χ1v) is 8.00. The van der Waals surface area contributed by atoms with Gasteiger partial charge in [0, 0.05) is 16.9 Å². The van der Waals surface area contributed by atoms with Gasteiger partial charge in [-0.2, -0.15) is 0 Å².